The Morgan fingerprint density at radius 1 is 1.75 bits per heavy atom. The van der Waals surface area contributed by atoms with Crippen LogP contribution in [0.25, 0.3) is 0 Å². The van der Waals surface area contributed by atoms with Crippen molar-refractivity contribution in [3.05, 3.63) is 29.0 Å². The van der Waals surface area contributed by atoms with E-state index in [2.05, 4.69) is 4.98 Å². The lowest BCUT2D eigenvalue weighted by molar-refractivity contribution is 0.210. The Bertz CT molecular complexity index is 276. The standard InChI is InChI=1S/C8H11ClN2O/c1-8(10,5-12)6-4-11-3-2-7(6)9/h2-4,12H,5,10H2,1H3/t8-/m1/s1. The van der Waals surface area contributed by atoms with Gasteiger partial charge in [-0.15, -0.1) is 0 Å². The molecule has 0 aliphatic rings. The molecule has 1 heterocycles. The van der Waals surface area contributed by atoms with Crippen LogP contribution in [0.1, 0.15) is 12.5 Å². The zero-order chi connectivity index (χ0) is 9.19. The Kier molecular flexibility index (Phi) is 2.67. The van der Waals surface area contributed by atoms with Crippen LogP contribution in [0, 0.1) is 0 Å². The molecule has 0 aliphatic carbocycles. The number of nitrogens with two attached hydrogens (primary N) is 1. The van der Waals surface area contributed by atoms with Crippen molar-refractivity contribution in [2.24, 2.45) is 5.73 Å². The van der Waals surface area contributed by atoms with Gasteiger partial charge in [0.05, 0.1) is 12.1 Å². The third kappa shape index (κ3) is 1.75. The Balaban J connectivity index is 3.10. The molecule has 0 aromatic carbocycles. The van der Waals surface area contributed by atoms with Crippen LogP contribution in [-0.4, -0.2) is 16.7 Å². The second kappa shape index (κ2) is 3.39. The van der Waals surface area contributed by atoms with Gasteiger partial charge in [0.25, 0.3) is 0 Å². The quantitative estimate of drug-likeness (QED) is 0.722. The number of aliphatic hydroxyl groups is 1. The first-order valence-corrected chi connectivity index (χ1v) is 3.95. The molecule has 1 aromatic heterocycles. The summed E-state index contributed by atoms with van der Waals surface area (Å²) in [5.41, 5.74) is 5.61. The highest BCUT2D eigenvalue weighted by molar-refractivity contribution is 6.31. The predicted molar refractivity (Wildman–Crippen MR) is 47.9 cm³/mol. The summed E-state index contributed by atoms with van der Waals surface area (Å²) in [6.45, 7) is 1.55. The van der Waals surface area contributed by atoms with Crippen LogP contribution in [0.5, 0.6) is 0 Å². The van der Waals surface area contributed by atoms with Crippen molar-refractivity contribution in [3.63, 3.8) is 0 Å². The SMILES string of the molecule is C[C@@](N)(CO)c1cnccc1Cl. The van der Waals surface area contributed by atoms with E-state index in [0.717, 1.165) is 0 Å². The van der Waals surface area contributed by atoms with E-state index in [1.807, 2.05) is 0 Å². The number of hydrogen-bond acceptors (Lipinski definition) is 3. The molecule has 1 rings (SSSR count). The van der Waals surface area contributed by atoms with Gasteiger partial charge in [0.1, 0.15) is 0 Å². The maximum Gasteiger partial charge on any atom is 0.0651 e. The lowest BCUT2D eigenvalue weighted by atomic mass is 9.96. The van der Waals surface area contributed by atoms with Crippen molar-refractivity contribution < 1.29 is 5.11 Å². The number of halogens is 1. The van der Waals surface area contributed by atoms with Crippen LogP contribution in [0.4, 0.5) is 0 Å². The maximum absolute atomic E-state index is 8.96. The number of aromatic nitrogens is 1. The highest BCUT2D eigenvalue weighted by atomic mass is 35.5. The smallest absolute Gasteiger partial charge is 0.0651 e. The van der Waals surface area contributed by atoms with E-state index >= 15 is 0 Å². The minimum Gasteiger partial charge on any atom is -0.394 e. The summed E-state index contributed by atoms with van der Waals surface area (Å²) >= 11 is 5.86. The van der Waals surface area contributed by atoms with E-state index in [0.29, 0.717) is 10.6 Å². The second-order valence-corrected chi connectivity index (χ2v) is 3.34. The van der Waals surface area contributed by atoms with Gasteiger partial charge < -0.3 is 10.8 Å². The van der Waals surface area contributed by atoms with Gasteiger partial charge in [0.2, 0.25) is 0 Å². The molecule has 3 N–H and O–H groups in total. The van der Waals surface area contributed by atoms with E-state index in [-0.39, 0.29) is 6.61 Å². The average molecular weight is 187 g/mol. The molecule has 0 bridgehead atoms. The molecule has 0 aliphatic heterocycles. The molecular weight excluding hydrogens is 176 g/mol. The van der Waals surface area contributed by atoms with Gasteiger partial charge in [-0.25, -0.2) is 0 Å². The van der Waals surface area contributed by atoms with Gasteiger partial charge in [0, 0.05) is 23.0 Å². The van der Waals surface area contributed by atoms with Crippen LogP contribution in [0.2, 0.25) is 5.02 Å². The normalized spacial score (nSPS) is 15.7. The Hall–Kier alpha value is -0.640. The average Bonchev–Trinajstić information content (AvgIpc) is 2.05. The Labute approximate surface area is 76.2 Å². The van der Waals surface area contributed by atoms with Crippen LogP contribution in [0.15, 0.2) is 18.5 Å². The van der Waals surface area contributed by atoms with Crippen LogP contribution >= 0.6 is 11.6 Å². The molecular formula is C8H11ClN2O. The number of rotatable bonds is 2. The largest absolute Gasteiger partial charge is 0.394 e. The molecule has 66 valence electrons. The number of aliphatic hydroxyl groups excluding tert-OH is 1. The lowest BCUT2D eigenvalue weighted by Crippen LogP contribution is -2.37. The molecule has 12 heavy (non-hydrogen) atoms. The minimum atomic E-state index is -0.814. The van der Waals surface area contributed by atoms with Gasteiger partial charge in [-0.3, -0.25) is 4.98 Å². The first-order chi connectivity index (χ1) is 5.58. The third-order valence-electron chi connectivity index (χ3n) is 1.71. The first-order valence-electron chi connectivity index (χ1n) is 3.57. The van der Waals surface area contributed by atoms with E-state index in [1.54, 1.807) is 25.4 Å². The summed E-state index contributed by atoms with van der Waals surface area (Å²) in [5.74, 6) is 0. The van der Waals surface area contributed by atoms with Gasteiger partial charge >= 0.3 is 0 Å². The molecule has 1 atom stereocenters. The van der Waals surface area contributed by atoms with Gasteiger partial charge in [-0.05, 0) is 13.0 Å². The molecule has 4 heteroatoms. The fourth-order valence-corrected chi connectivity index (χ4v) is 1.20. The molecule has 0 spiro atoms. The molecule has 0 unspecified atom stereocenters. The van der Waals surface area contributed by atoms with Crippen molar-refractivity contribution in [2.75, 3.05) is 6.61 Å². The summed E-state index contributed by atoms with van der Waals surface area (Å²) in [7, 11) is 0. The summed E-state index contributed by atoms with van der Waals surface area (Å²) < 4.78 is 0. The topological polar surface area (TPSA) is 59.1 Å². The molecule has 0 saturated heterocycles. The van der Waals surface area contributed by atoms with Gasteiger partial charge in [-0.1, -0.05) is 11.6 Å². The van der Waals surface area contributed by atoms with Crippen LogP contribution in [-0.2, 0) is 5.54 Å². The zero-order valence-corrected chi connectivity index (χ0v) is 7.54. The second-order valence-electron chi connectivity index (χ2n) is 2.93. The van der Waals surface area contributed by atoms with Crippen molar-refractivity contribution in [3.8, 4) is 0 Å². The van der Waals surface area contributed by atoms with E-state index in [9.17, 15) is 0 Å². The highest BCUT2D eigenvalue weighted by Gasteiger charge is 2.22. The molecule has 0 saturated carbocycles. The first kappa shape index (κ1) is 9.45. The van der Waals surface area contributed by atoms with Gasteiger partial charge in [-0.2, -0.15) is 0 Å². The summed E-state index contributed by atoms with van der Waals surface area (Å²) in [6, 6.07) is 1.65. The lowest BCUT2D eigenvalue weighted by Gasteiger charge is -2.22. The number of pyridine rings is 1. The van der Waals surface area contributed by atoms with Crippen LogP contribution in [0.3, 0.4) is 0 Å². The monoisotopic (exact) mass is 186 g/mol. The number of nitrogens with zero attached hydrogens (tertiary/aromatic N) is 1. The third-order valence-corrected chi connectivity index (χ3v) is 2.04. The predicted octanol–water partition coefficient (Wildman–Crippen LogP) is 0.901. The molecule has 1 aromatic rings. The summed E-state index contributed by atoms with van der Waals surface area (Å²) in [6.07, 6.45) is 3.15. The maximum atomic E-state index is 8.96. The summed E-state index contributed by atoms with van der Waals surface area (Å²) in [5, 5.41) is 9.49. The Morgan fingerprint density at radius 3 is 2.92 bits per heavy atom. The molecule has 0 fully saturated rings. The number of hydrogen-bond donors (Lipinski definition) is 2. The Morgan fingerprint density at radius 2 is 2.42 bits per heavy atom. The van der Waals surface area contributed by atoms with E-state index in [1.165, 1.54) is 0 Å². The highest BCUT2D eigenvalue weighted by Crippen LogP contribution is 2.23. The van der Waals surface area contributed by atoms with Crippen LogP contribution < -0.4 is 5.73 Å². The fraction of sp³-hybridized carbons (Fsp3) is 0.375. The van der Waals surface area contributed by atoms with E-state index < -0.39 is 5.54 Å². The van der Waals surface area contributed by atoms with Crippen molar-refractivity contribution in [2.45, 2.75) is 12.5 Å². The molecule has 0 radical (unpaired) electrons. The molecule has 3 nitrogen and oxygen atoms in total. The summed E-state index contributed by atoms with van der Waals surface area (Å²) in [4.78, 5) is 3.88. The van der Waals surface area contributed by atoms with Crippen molar-refractivity contribution >= 4 is 11.6 Å². The fourth-order valence-electron chi connectivity index (χ4n) is 0.883. The van der Waals surface area contributed by atoms with Crippen molar-refractivity contribution in [1.82, 2.24) is 4.98 Å². The zero-order valence-electron chi connectivity index (χ0n) is 6.79. The molecule has 0 amide bonds. The van der Waals surface area contributed by atoms with E-state index in [4.69, 9.17) is 22.4 Å². The van der Waals surface area contributed by atoms with Crippen molar-refractivity contribution in [1.29, 1.82) is 0 Å². The minimum absolute atomic E-state index is 0.154. The van der Waals surface area contributed by atoms with Gasteiger partial charge in [0.15, 0.2) is 0 Å².